The van der Waals surface area contributed by atoms with Crippen molar-refractivity contribution < 1.29 is 4.74 Å². The highest BCUT2D eigenvalue weighted by Crippen LogP contribution is 2.31. The number of hydrogen-bond donors (Lipinski definition) is 2. The van der Waals surface area contributed by atoms with Crippen molar-refractivity contribution in [3.63, 3.8) is 0 Å². The van der Waals surface area contributed by atoms with Crippen LogP contribution < -0.4 is 16.3 Å². The first-order valence-corrected chi connectivity index (χ1v) is 5.22. The summed E-state index contributed by atoms with van der Waals surface area (Å²) in [6, 6.07) is 5.51. The predicted octanol–water partition coefficient (Wildman–Crippen LogP) is 1.01. The zero-order valence-electron chi connectivity index (χ0n) is 8.51. The molecule has 0 aliphatic rings. The highest BCUT2D eigenvalue weighted by Gasteiger charge is 2.14. The normalized spacial score (nSPS) is 10.4. The lowest BCUT2D eigenvalue weighted by Gasteiger charge is -2.07. The van der Waals surface area contributed by atoms with E-state index in [1.807, 2.05) is 18.2 Å². The minimum atomic E-state index is 0.153. The van der Waals surface area contributed by atoms with Gasteiger partial charge in [0.15, 0.2) is 5.82 Å². The van der Waals surface area contributed by atoms with E-state index in [1.165, 1.54) is 4.68 Å². The first-order valence-electron chi connectivity index (χ1n) is 4.43. The van der Waals surface area contributed by atoms with Crippen LogP contribution >= 0.6 is 15.9 Å². The average Bonchev–Trinajstić information content (AvgIpc) is 2.60. The van der Waals surface area contributed by atoms with Crippen LogP contribution in [-0.4, -0.2) is 22.0 Å². The molecule has 0 aliphatic heterocycles. The van der Waals surface area contributed by atoms with Crippen LogP contribution in [0.15, 0.2) is 22.7 Å². The van der Waals surface area contributed by atoms with Crippen molar-refractivity contribution in [2.24, 2.45) is 0 Å². The van der Waals surface area contributed by atoms with Crippen molar-refractivity contribution in [1.82, 2.24) is 14.9 Å². The molecule has 84 valence electrons. The third-order valence-electron chi connectivity index (χ3n) is 2.13. The number of methoxy groups -OCH3 is 1. The van der Waals surface area contributed by atoms with Crippen molar-refractivity contribution in [1.29, 1.82) is 0 Å². The largest absolute Gasteiger partial charge is 0.496 e. The fourth-order valence-corrected chi connectivity index (χ4v) is 1.68. The molecule has 2 aromatic rings. The molecule has 0 fully saturated rings. The molecule has 0 radical (unpaired) electrons. The van der Waals surface area contributed by atoms with Crippen LogP contribution in [0.4, 0.5) is 5.95 Å². The van der Waals surface area contributed by atoms with Gasteiger partial charge in [-0.1, -0.05) is 15.9 Å². The first kappa shape index (κ1) is 10.7. The lowest BCUT2D eigenvalue weighted by Crippen LogP contribution is -2.13. The molecule has 1 heterocycles. The summed E-state index contributed by atoms with van der Waals surface area (Å²) in [5.74, 6) is 6.96. The number of ether oxygens (including phenoxy) is 1. The first-order chi connectivity index (χ1) is 7.63. The summed E-state index contributed by atoms with van der Waals surface area (Å²) in [7, 11) is 1.58. The number of nitrogen functional groups attached to an aromatic ring is 2. The van der Waals surface area contributed by atoms with E-state index in [0.29, 0.717) is 11.6 Å². The molecular formula is C9H10BrN5O. The fourth-order valence-electron chi connectivity index (χ4n) is 1.34. The molecule has 0 atom stereocenters. The van der Waals surface area contributed by atoms with E-state index in [1.54, 1.807) is 7.11 Å². The second kappa shape index (κ2) is 4.01. The van der Waals surface area contributed by atoms with Gasteiger partial charge < -0.3 is 16.3 Å². The molecule has 6 nitrogen and oxygen atoms in total. The van der Waals surface area contributed by atoms with E-state index < -0.39 is 0 Å². The van der Waals surface area contributed by atoms with Crippen LogP contribution in [-0.2, 0) is 0 Å². The van der Waals surface area contributed by atoms with Crippen LogP contribution in [0.5, 0.6) is 5.75 Å². The van der Waals surface area contributed by atoms with Gasteiger partial charge in [-0.2, -0.15) is 0 Å². The predicted molar refractivity (Wildman–Crippen MR) is 64.3 cm³/mol. The number of rotatable bonds is 2. The Hall–Kier alpha value is -1.76. The standard InChI is InChI=1S/C9H10BrN5O/c1-16-7-4-5(10)2-3-6(7)8-13-14-9(11)15(8)12/h2-4H,12H2,1H3,(H2,11,14). The smallest absolute Gasteiger partial charge is 0.241 e. The van der Waals surface area contributed by atoms with E-state index in [9.17, 15) is 0 Å². The van der Waals surface area contributed by atoms with Crippen molar-refractivity contribution in [2.75, 3.05) is 18.7 Å². The molecular weight excluding hydrogens is 274 g/mol. The molecule has 1 aromatic heterocycles. The van der Waals surface area contributed by atoms with Gasteiger partial charge in [0, 0.05) is 4.47 Å². The van der Waals surface area contributed by atoms with Crippen molar-refractivity contribution in [3.8, 4) is 17.1 Å². The third kappa shape index (κ3) is 1.69. The van der Waals surface area contributed by atoms with Gasteiger partial charge in [-0.25, -0.2) is 4.68 Å². The van der Waals surface area contributed by atoms with Crippen molar-refractivity contribution >= 4 is 21.9 Å². The van der Waals surface area contributed by atoms with E-state index >= 15 is 0 Å². The Labute approximate surface area is 100 Å². The monoisotopic (exact) mass is 283 g/mol. The lowest BCUT2D eigenvalue weighted by atomic mass is 10.2. The van der Waals surface area contributed by atoms with Gasteiger partial charge >= 0.3 is 0 Å². The zero-order valence-corrected chi connectivity index (χ0v) is 10.1. The van der Waals surface area contributed by atoms with Gasteiger partial charge in [0.25, 0.3) is 0 Å². The summed E-state index contributed by atoms with van der Waals surface area (Å²) in [6.07, 6.45) is 0. The lowest BCUT2D eigenvalue weighted by molar-refractivity contribution is 0.415. The van der Waals surface area contributed by atoms with Gasteiger partial charge in [0.2, 0.25) is 5.95 Å². The van der Waals surface area contributed by atoms with Gasteiger partial charge in [-0.3, -0.25) is 0 Å². The number of anilines is 1. The summed E-state index contributed by atoms with van der Waals surface area (Å²) in [6.45, 7) is 0. The van der Waals surface area contributed by atoms with Crippen LogP contribution in [0.25, 0.3) is 11.4 Å². The summed E-state index contributed by atoms with van der Waals surface area (Å²) in [5, 5.41) is 7.58. The Bertz CT molecular complexity index is 525. The molecule has 0 amide bonds. The van der Waals surface area contributed by atoms with Crippen LogP contribution in [0.2, 0.25) is 0 Å². The van der Waals surface area contributed by atoms with E-state index in [-0.39, 0.29) is 5.95 Å². The van der Waals surface area contributed by atoms with Crippen molar-refractivity contribution in [3.05, 3.63) is 22.7 Å². The summed E-state index contributed by atoms with van der Waals surface area (Å²) in [4.78, 5) is 0. The topological polar surface area (TPSA) is 92.0 Å². The Morgan fingerprint density at radius 2 is 2.12 bits per heavy atom. The van der Waals surface area contributed by atoms with Crippen LogP contribution in [0.3, 0.4) is 0 Å². The molecule has 0 saturated heterocycles. The molecule has 0 unspecified atom stereocenters. The molecule has 16 heavy (non-hydrogen) atoms. The number of hydrogen-bond acceptors (Lipinski definition) is 5. The SMILES string of the molecule is COc1cc(Br)ccc1-c1nnc(N)n1N. The van der Waals surface area contributed by atoms with Gasteiger partial charge in [-0.15, -0.1) is 10.2 Å². The maximum atomic E-state index is 5.70. The molecule has 2 rings (SSSR count). The van der Waals surface area contributed by atoms with E-state index in [2.05, 4.69) is 26.1 Å². The fraction of sp³-hybridized carbons (Fsp3) is 0.111. The molecule has 0 saturated carbocycles. The minimum Gasteiger partial charge on any atom is -0.496 e. The minimum absolute atomic E-state index is 0.153. The van der Waals surface area contributed by atoms with Crippen LogP contribution in [0.1, 0.15) is 0 Å². The third-order valence-corrected chi connectivity index (χ3v) is 2.62. The van der Waals surface area contributed by atoms with Gasteiger partial charge in [-0.05, 0) is 18.2 Å². The number of nitrogens with two attached hydrogens (primary N) is 2. The maximum Gasteiger partial charge on any atom is 0.241 e. The quantitative estimate of drug-likeness (QED) is 0.803. The molecule has 1 aromatic carbocycles. The number of halogens is 1. The average molecular weight is 284 g/mol. The summed E-state index contributed by atoms with van der Waals surface area (Å²) >= 11 is 3.35. The molecule has 4 N–H and O–H groups in total. The summed E-state index contributed by atoms with van der Waals surface area (Å²) < 4.78 is 7.36. The molecule has 0 bridgehead atoms. The molecule has 7 heteroatoms. The number of nitrogens with zero attached hydrogens (tertiary/aromatic N) is 3. The second-order valence-electron chi connectivity index (χ2n) is 3.10. The Balaban J connectivity index is 2.59. The second-order valence-corrected chi connectivity index (χ2v) is 4.01. The van der Waals surface area contributed by atoms with Crippen LogP contribution in [0, 0.1) is 0 Å². The van der Waals surface area contributed by atoms with Gasteiger partial charge in [0.05, 0.1) is 12.7 Å². The highest BCUT2D eigenvalue weighted by molar-refractivity contribution is 9.10. The Morgan fingerprint density at radius 1 is 1.38 bits per heavy atom. The van der Waals surface area contributed by atoms with Crippen molar-refractivity contribution in [2.45, 2.75) is 0 Å². The molecule has 0 spiro atoms. The number of benzene rings is 1. The zero-order chi connectivity index (χ0) is 11.7. The Morgan fingerprint density at radius 3 is 2.69 bits per heavy atom. The highest BCUT2D eigenvalue weighted by atomic mass is 79.9. The summed E-state index contributed by atoms with van der Waals surface area (Å²) in [5.41, 5.74) is 6.25. The van der Waals surface area contributed by atoms with E-state index in [0.717, 1.165) is 10.0 Å². The maximum absolute atomic E-state index is 5.70. The Kier molecular flexibility index (Phi) is 2.69. The van der Waals surface area contributed by atoms with Gasteiger partial charge in [0.1, 0.15) is 5.75 Å². The molecule has 0 aliphatic carbocycles. The number of aromatic nitrogens is 3. The van der Waals surface area contributed by atoms with E-state index in [4.69, 9.17) is 16.3 Å².